The van der Waals surface area contributed by atoms with E-state index < -0.39 is 10.0 Å². The van der Waals surface area contributed by atoms with Crippen molar-refractivity contribution < 1.29 is 13.5 Å². The molecule has 0 radical (unpaired) electrons. The highest BCUT2D eigenvalue weighted by atomic mass is 79.9. The van der Waals surface area contributed by atoms with Gasteiger partial charge in [0.25, 0.3) is 0 Å². The van der Waals surface area contributed by atoms with Crippen molar-refractivity contribution >= 4 is 26.0 Å². The first-order valence-electron chi connectivity index (χ1n) is 6.31. The molecule has 1 aromatic carbocycles. The van der Waals surface area contributed by atoms with Crippen LogP contribution in [-0.4, -0.2) is 25.1 Å². The third-order valence-corrected chi connectivity index (χ3v) is 5.35. The average Bonchev–Trinajstić information content (AvgIpc) is 2.48. The van der Waals surface area contributed by atoms with Gasteiger partial charge in [0.2, 0.25) is 10.0 Å². The van der Waals surface area contributed by atoms with Crippen molar-refractivity contribution in [3.63, 3.8) is 0 Å². The lowest BCUT2D eigenvalue weighted by molar-refractivity contribution is 0.281. The van der Waals surface area contributed by atoms with E-state index in [0.29, 0.717) is 16.5 Å². The van der Waals surface area contributed by atoms with Crippen LogP contribution in [0.5, 0.6) is 0 Å². The second kappa shape index (κ2) is 7.13. The molecule has 21 heavy (non-hydrogen) atoms. The zero-order valence-corrected chi connectivity index (χ0v) is 13.6. The van der Waals surface area contributed by atoms with Crippen LogP contribution in [-0.2, 0) is 23.1 Å². The standard InChI is InChI=1S/C14H15BrN2O3S/c15-13-4-3-12(10-18)8-14(13)21(19,20)17-7-5-11-2-1-6-16-9-11/h1-4,6,8-9,17-18H,5,7,10H2. The number of aliphatic hydroxyl groups is 1. The summed E-state index contributed by atoms with van der Waals surface area (Å²) >= 11 is 3.22. The molecule has 0 aliphatic rings. The molecule has 0 aliphatic carbocycles. The van der Waals surface area contributed by atoms with E-state index in [4.69, 9.17) is 5.11 Å². The van der Waals surface area contributed by atoms with Crippen molar-refractivity contribution in [1.29, 1.82) is 0 Å². The number of hydrogen-bond acceptors (Lipinski definition) is 4. The van der Waals surface area contributed by atoms with Crippen LogP contribution in [0.1, 0.15) is 11.1 Å². The number of aromatic nitrogens is 1. The van der Waals surface area contributed by atoms with Crippen LogP contribution in [0.2, 0.25) is 0 Å². The van der Waals surface area contributed by atoms with Gasteiger partial charge in [-0.25, -0.2) is 13.1 Å². The highest BCUT2D eigenvalue weighted by Crippen LogP contribution is 2.23. The van der Waals surface area contributed by atoms with Crippen LogP contribution in [0.3, 0.4) is 0 Å². The second-order valence-electron chi connectivity index (χ2n) is 4.43. The molecule has 0 aliphatic heterocycles. The molecular weight excluding hydrogens is 356 g/mol. The molecule has 0 unspecified atom stereocenters. The fourth-order valence-electron chi connectivity index (χ4n) is 1.81. The Morgan fingerprint density at radius 2 is 2.05 bits per heavy atom. The zero-order chi connectivity index (χ0) is 15.3. The van der Waals surface area contributed by atoms with Crippen LogP contribution < -0.4 is 4.72 Å². The topological polar surface area (TPSA) is 79.3 Å². The van der Waals surface area contributed by atoms with Crippen LogP contribution in [0.4, 0.5) is 0 Å². The average molecular weight is 371 g/mol. The molecule has 1 aromatic heterocycles. The number of halogens is 1. The van der Waals surface area contributed by atoms with Gasteiger partial charge in [-0.05, 0) is 51.7 Å². The molecule has 5 nitrogen and oxygen atoms in total. The minimum Gasteiger partial charge on any atom is -0.392 e. The molecule has 0 atom stereocenters. The number of benzene rings is 1. The summed E-state index contributed by atoms with van der Waals surface area (Å²) in [7, 11) is -3.62. The fraction of sp³-hybridized carbons (Fsp3) is 0.214. The minimum atomic E-state index is -3.62. The van der Waals surface area contributed by atoms with Gasteiger partial charge in [0.05, 0.1) is 11.5 Å². The number of rotatable bonds is 6. The van der Waals surface area contributed by atoms with Crippen LogP contribution in [0, 0.1) is 0 Å². The molecule has 112 valence electrons. The Morgan fingerprint density at radius 3 is 2.71 bits per heavy atom. The lowest BCUT2D eigenvalue weighted by Crippen LogP contribution is -2.26. The summed E-state index contributed by atoms with van der Waals surface area (Å²) in [4.78, 5) is 4.11. The predicted molar refractivity (Wildman–Crippen MR) is 83.2 cm³/mol. The zero-order valence-electron chi connectivity index (χ0n) is 11.2. The Bertz CT molecular complexity index is 705. The Morgan fingerprint density at radius 1 is 1.24 bits per heavy atom. The number of nitrogens with one attached hydrogen (secondary N) is 1. The van der Waals surface area contributed by atoms with Crippen molar-refractivity contribution in [3.8, 4) is 0 Å². The van der Waals surface area contributed by atoms with E-state index in [1.165, 1.54) is 6.07 Å². The van der Waals surface area contributed by atoms with Gasteiger partial charge in [0.1, 0.15) is 0 Å². The van der Waals surface area contributed by atoms with Gasteiger partial charge >= 0.3 is 0 Å². The number of nitrogens with zero attached hydrogens (tertiary/aromatic N) is 1. The fourth-order valence-corrected chi connectivity index (χ4v) is 3.85. The summed E-state index contributed by atoms with van der Waals surface area (Å²) in [6.07, 6.45) is 3.94. The Hall–Kier alpha value is -1.28. The molecule has 0 amide bonds. The molecule has 0 saturated heterocycles. The number of pyridine rings is 1. The molecule has 7 heteroatoms. The van der Waals surface area contributed by atoms with Crippen molar-refractivity contribution in [2.75, 3.05) is 6.54 Å². The lowest BCUT2D eigenvalue weighted by atomic mass is 10.2. The molecule has 2 rings (SSSR count). The molecule has 0 spiro atoms. The summed E-state index contributed by atoms with van der Waals surface area (Å²) in [5.41, 5.74) is 1.51. The van der Waals surface area contributed by atoms with Crippen molar-refractivity contribution in [1.82, 2.24) is 9.71 Å². The third-order valence-electron chi connectivity index (χ3n) is 2.90. The highest BCUT2D eigenvalue weighted by molar-refractivity contribution is 9.10. The number of sulfonamides is 1. The maximum absolute atomic E-state index is 12.3. The van der Waals surface area contributed by atoms with Crippen LogP contribution in [0.25, 0.3) is 0 Å². The van der Waals surface area contributed by atoms with E-state index >= 15 is 0 Å². The van der Waals surface area contributed by atoms with Crippen molar-refractivity contribution in [2.45, 2.75) is 17.9 Å². The van der Waals surface area contributed by atoms with Gasteiger partial charge in [0.15, 0.2) is 0 Å². The van der Waals surface area contributed by atoms with E-state index in [0.717, 1.165) is 5.56 Å². The summed E-state index contributed by atoms with van der Waals surface area (Å²) < 4.78 is 27.6. The second-order valence-corrected chi connectivity index (χ2v) is 7.02. The van der Waals surface area contributed by atoms with E-state index in [2.05, 4.69) is 25.6 Å². The van der Waals surface area contributed by atoms with Gasteiger partial charge in [-0.1, -0.05) is 12.1 Å². The third kappa shape index (κ3) is 4.34. The van der Waals surface area contributed by atoms with E-state index in [1.807, 2.05) is 12.1 Å². The summed E-state index contributed by atoms with van der Waals surface area (Å²) in [6, 6.07) is 8.44. The van der Waals surface area contributed by atoms with Gasteiger partial charge in [-0.2, -0.15) is 0 Å². The van der Waals surface area contributed by atoms with Crippen molar-refractivity contribution in [2.24, 2.45) is 0 Å². The van der Waals surface area contributed by atoms with Gasteiger partial charge < -0.3 is 5.11 Å². The van der Waals surface area contributed by atoms with Crippen molar-refractivity contribution in [3.05, 3.63) is 58.3 Å². The predicted octanol–water partition coefficient (Wildman–Crippen LogP) is 1.86. The van der Waals surface area contributed by atoms with E-state index in [1.54, 1.807) is 24.5 Å². The van der Waals surface area contributed by atoms with E-state index in [-0.39, 0.29) is 18.0 Å². The Kier molecular flexibility index (Phi) is 5.46. The first-order valence-corrected chi connectivity index (χ1v) is 8.58. The summed E-state index contributed by atoms with van der Waals surface area (Å²) in [6.45, 7) is 0.0787. The maximum atomic E-state index is 12.3. The number of aliphatic hydroxyl groups excluding tert-OH is 1. The molecule has 0 fully saturated rings. The first kappa shape index (κ1) is 16.1. The number of hydrogen-bond donors (Lipinski definition) is 2. The quantitative estimate of drug-likeness (QED) is 0.813. The minimum absolute atomic E-state index is 0.125. The van der Waals surface area contributed by atoms with Gasteiger partial charge in [-0.3, -0.25) is 4.98 Å². The molecule has 0 bridgehead atoms. The smallest absolute Gasteiger partial charge is 0.241 e. The lowest BCUT2D eigenvalue weighted by Gasteiger charge is -2.09. The first-order chi connectivity index (χ1) is 10.0. The molecule has 0 saturated carbocycles. The highest BCUT2D eigenvalue weighted by Gasteiger charge is 2.17. The summed E-state index contributed by atoms with van der Waals surface area (Å²) in [5, 5.41) is 9.11. The van der Waals surface area contributed by atoms with Crippen LogP contribution in [0.15, 0.2) is 52.1 Å². The largest absolute Gasteiger partial charge is 0.392 e. The summed E-state index contributed by atoms with van der Waals surface area (Å²) in [5.74, 6) is 0. The van der Waals surface area contributed by atoms with Gasteiger partial charge in [-0.15, -0.1) is 0 Å². The maximum Gasteiger partial charge on any atom is 0.241 e. The molecule has 1 heterocycles. The Balaban J connectivity index is 2.08. The van der Waals surface area contributed by atoms with E-state index in [9.17, 15) is 8.42 Å². The molecule has 2 N–H and O–H groups in total. The Labute approximate surface area is 132 Å². The van der Waals surface area contributed by atoms with Crippen LogP contribution >= 0.6 is 15.9 Å². The molecule has 2 aromatic rings. The normalized spacial score (nSPS) is 11.5. The van der Waals surface area contributed by atoms with Gasteiger partial charge in [0, 0.05) is 23.4 Å². The SMILES string of the molecule is O=S(=O)(NCCc1cccnc1)c1cc(CO)ccc1Br. The molecular formula is C14H15BrN2O3S. The monoisotopic (exact) mass is 370 g/mol.